The van der Waals surface area contributed by atoms with Crippen LogP contribution in [0.15, 0.2) is 29.4 Å². The molecule has 0 unspecified atom stereocenters. The molecule has 2 rings (SSSR count). The van der Waals surface area contributed by atoms with Gasteiger partial charge in [-0.3, -0.25) is 0 Å². The standard InChI is InChI=1S/C14H20N2O3/c15-14(16-17)13-3-1-11(2-4-13)9-19-10-12-5-7-18-8-6-12/h1-4,12,17H,5-10H2,(H2,15,16). The molecule has 1 aliphatic heterocycles. The van der Waals surface area contributed by atoms with E-state index in [4.69, 9.17) is 20.4 Å². The van der Waals surface area contributed by atoms with Gasteiger partial charge in [0.1, 0.15) is 0 Å². The van der Waals surface area contributed by atoms with Crippen molar-refractivity contribution in [2.45, 2.75) is 19.4 Å². The fourth-order valence-corrected chi connectivity index (χ4v) is 2.09. The number of hydrogen-bond acceptors (Lipinski definition) is 4. The van der Waals surface area contributed by atoms with E-state index in [1.165, 1.54) is 0 Å². The molecule has 0 bridgehead atoms. The van der Waals surface area contributed by atoms with Crippen LogP contribution in [0.3, 0.4) is 0 Å². The molecule has 0 spiro atoms. The topological polar surface area (TPSA) is 77.1 Å². The maximum atomic E-state index is 8.57. The maximum absolute atomic E-state index is 8.57. The summed E-state index contributed by atoms with van der Waals surface area (Å²) in [7, 11) is 0. The summed E-state index contributed by atoms with van der Waals surface area (Å²) in [5, 5.41) is 11.5. The van der Waals surface area contributed by atoms with Gasteiger partial charge in [-0.1, -0.05) is 29.4 Å². The quantitative estimate of drug-likeness (QED) is 0.367. The molecule has 19 heavy (non-hydrogen) atoms. The highest BCUT2D eigenvalue weighted by atomic mass is 16.5. The minimum absolute atomic E-state index is 0.120. The Kier molecular flexibility index (Phi) is 5.18. The lowest BCUT2D eigenvalue weighted by Crippen LogP contribution is -2.20. The van der Waals surface area contributed by atoms with Crippen LogP contribution in [0, 0.1) is 5.92 Å². The highest BCUT2D eigenvalue weighted by molar-refractivity contribution is 5.96. The van der Waals surface area contributed by atoms with Crippen molar-refractivity contribution >= 4 is 5.84 Å². The first-order valence-corrected chi connectivity index (χ1v) is 6.52. The summed E-state index contributed by atoms with van der Waals surface area (Å²) in [4.78, 5) is 0. The molecule has 0 amide bonds. The molecule has 0 radical (unpaired) electrons. The molecule has 104 valence electrons. The highest BCUT2D eigenvalue weighted by Crippen LogP contribution is 2.15. The third-order valence-electron chi connectivity index (χ3n) is 3.32. The first-order valence-electron chi connectivity index (χ1n) is 6.52. The summed E-state index contributed by atoms with van der Waals surface area (Å²) in [5.74, 6) is 0.736. The Morgan fingerprint density at radius 1 is 1.32 bits per heavy atom. The fraction of sp³-hybridized carbons (Fsp3) is 0.500. The second-order valence-electron chi connectivity index (χ2n) is 4.75. The van der Waals surface area contributed by atoms with Gasteiger partial charge in [0.05, 0.1) is 13.2 Å². The van der Waals surface area contributed by atoms with Crippen molar-refractivity contribution < 1.29 is 14.7 Å². The minimum atomic E-state index is 0.120. The zero-order valence-corrected chi connectivity index (χ0v) is 10.9. The first kappa shape index (κ1) is 13.8. The molecule has 5 nitrogen and oxygen atoms in total. The van der Waals surface area contributed by atoms with Crippen LogP contribution in [-0.4, -0.2) is 30.9 Å². The third kappa shape index (κ3) is 4.22. The van der Waals surface area contributed by atoms with E-state index < -0.39 is 0 Å². The average molecular weight is 264 g/mol. The molecular weight excluding hydrogens is 244 g/mol. The van der Waals surface area contributed by atoms with Crippen LogP contribution in [-0.2, 0) is 16.1 Å². The van der Waals surface area contributed by atoms with E-state index >= 15 is 0 Å². The van der Waals surface area contributed by atoms with E-state index in [9.17, 15) is 0 Å². The SMILES string of the molecule is NC(=NO)c1ccc(COCC2CCOCC2)cc1. The summed E-state index contributed by atoms with van der Waals surface area (Å²) >= 11 is 0. The summed E-state index contributed by atoms with van der Waals surface area (Å²) < 4.78 is 11.0. The summed E-state index contributed by atoms with van der Waals surface area (Å²) in [6.45, 7) is 3.07. The lowest BCUT2D eigenvalue weighted by molar-refractivity contribution is 0.0157. The summed E-state index contributed by atoms with van der Waals surface area (Å²) in [5.41, 5.74) is 7.29. The van der Waals surface area contributed by atoms with Gasteiger partial charge in [0.2, 0.25) is 0 Å². The number of ether oxygens (including phenoxy) is 2. The molecule has 1 aromatic carbocycles. The molecule has 0 atom stereocenters. The zero-order valence-electron chi connectivity index (χ0n) is 10.9. The monoisotopic (exact) mass is 264 g/mol. The van der Waals surface area contributed by atoms with Crippen molar-refractivity contribution in [2.24, 2.45) is 16.8 Å². The van der Waals surface area contributed by atoms with Crippen molar-refractivity contribution in [1.29, 1.82) is 0 Å². The van der Waals surface area contributed by atoms with Crippen molar-refractivity contribution in [3.8, 4) is 0 Å². The van der Waals surface area contributed by atoms with Crippen molar-refractivity contribution in [3.63, 3.8) is 0 Å². The largest absolute Gasteiger partial charge is 0.409 e. The Balaban J connectivity index is 1.76. The molecule has 1 heterocycles. The molecular formula is C14H20N2O3. The second-order valence-corrected chi connectivity index (χ2v) is 4.75. The van der Waals surface area contributed by atoms with Gasteiger partial charge >= 0.3 is 0 Å². The molecule has 1 aliphatic rings. The first-order chi connectivity index (χ1) is 9.29. The predicted molar refractivity (Wildman–Crippen MR) is 72.2 cm³/mol. The van der Waals surface area contributed by atoms with Crippen LogP contribution in [0.2, 0.25) is 0 Å². The van der Waals surface area contributed by atoms with Gasteiger partial charge in [0.15, 0.2) is 5.84 Å². The molecule has 5 heteroatoms. The van der Waals surface area contributed by atoms with Crippen molar-refractivity contribution in [1.82, 2.24) is 0 Å². The number of benzene rings is 1. The lowest BCUT2D eigenvalue weighted by atomic mass is 10.0. The Hall–Kier alpha value is -1.59. The Morgan fingerprint density at radius 2 is 2.00 bits per heavy atom. The van der Waals surface area contributed by atoms with E-state index in [1.54, 1.807) is 0 Å². The Labute approximate surface area is 113 Å². The van der Waals surface area contributed by atoms with E-state index in [0.717, 1.165) is 38.2 Å². The van der Waals surface area contributed by atoms with Crippen LogP contribution in [0.1, 0.15) is 24.0 Å². The van der Waals surface area contributed by atoms with E-state index in [1.807, 2.05) is 24.3 Å². The van der Waals surface area contributed by atoms with Gasteiger partial charge in [0.25, 0.3) is 0 Å². The number of hydrogen-bond donors (Lipinski definition) is 2. The highest BCUT2D eigenvalue weighted by Gasteiger charge is 2.13. The molecule has 0 saturated carbocycles. The second kappa shape index (κ2) is 7.11. The Bertz CT molecular complexity index is 411. The molecule has 3 N–H and O–H groups in total. The maximum Gasteiger partial charge on any atom is 0.170 e. The number of oxime groups is 1. The van der Waals surface area contributed by atoms with Gasteiger partial charge < -0.3 is 20.4 Å². The van der Waals surface area contributed by atoms with Gasteiger partial charge in [-0.25, -0.2) is 0 Å². The average Bonchev–Trinajstić information content (AvgIpc) is 2.48. The van der Waals surface area contributed by atoms with Crippen molar-refractivity contribution in [2.75, 3.05) is 19.8 Å². The Morgan fingerprint density at radius 3 is 2.63 bits per heavy atom. The van der Waals surface area contributed by atoms with E-state index in [2.05, 4.69) is 5.16 Å². The van der Waals surface area contributed by atoms with Gasteiger partial charge in [-0.15, -0.1) is 0 Å². The zero-order chi connectivity index (χ0) is 13.5. The number of amidine groups is 1. The molecule has 0 aliphatic carbocycles. The van der Waals surface area contributed by atoms with Crippen molar-refractivity contribution in [3.05, 3.63) is 35.4 Å². The lowest BCUT2D eigenvalue weighted by Gasteiger charge is -2.21. The van der Waals surface area contributed by atoms with Gasteiger partial charge in [-0.2, -0.15) is 0 Å². The summed E-state index contributed by atoms with van der Waals surface area (Å²) in [6, 6.07) is 7.50. The number of nitrogens with two attached hydrogens (primary N) is 1. The molecule has 1 fully saturated rings. The van der Waals surface area contributed by atoms with Gasteiger partial charge in [0, 0.05) is 18.8 Å². The predicted octanol–water partition coefficient (Wildman–Crippen LogP) is 1.72. The normalized spacial score (nSPS) is 17.6. The van der Waals surface area contributed by atoms with E-state index in [-0.39, 0.29) is 5.84 Å². The molecule has 1 aromatic rings. The number of rotatable bonds is 5. The summed E-state index contributed by atoms with van der Waals surface area (Å²) in [6.07, 6.45) is 2.17. The van der Waals surface area contributed by atoms with Crippen LogP contribution in [0.5, 0.6) is 0 Å². The smallest absolute Gasteiger partial charge is 0.170 e. The van der Waals surface area contributed by atoms with Crippen LogP contribution < -0.4 is 5.73 Å². The van der Waals surface area contributed by atoms with Crippen LogP contribution >= 0.6 is 0 Å². The number of nitrogens with zero attached hydrogens (tertiary/aromatic N) is 1. The van der Waals surface area contributed by atoms with Crippen LogP contribution in [0.4, 0.5) is 0 Å². The third-order valence-corrected chi connectivity index (χ3v) is 3.32. The molecule has 0 aromatic heterocycles. The van der Waals surface area contributed by atoms with E-state index in [0.29, 0.717) is 18.1 Å². The molecule has 1 saturated heterocycles. The van der Waals surface area contributed by atoms with Crippen LogP contribution in [0.25, 0.3) is 0 Å². The minimum Gasteiger partial charge on any atom is -0.409 e. The fourth-order valence-electron chi connectivity index (χ4n) is 2.09. The van der Waals surface area contributed by atoms with Gasteiger partial charge in [-0.05, 0) is 24.3 Å².